The molecule has 1 atom stereocenters. The molecule has 126 valence electrons. The van der Waals surface area contributed by atoms with Gasteiger partial charge in [-0.05, 0) is 28.9 Å². The van der Waals surface area contributed by atoms with E-state index in [1.165, 1.54) is 18.0 Å². The first-order chi connectivity index (χ1) is 11.5. The molecule has 0 radical (unpaired) electrons. The molecule has 2 heterocycles. The molecular formula is C16H14BrFN2O3S. The molecule has 0 amide bonds. The zero-order valence-corrected chi connectivity index (χ0v) is 15.2. The molecule has 0 N–H and O–H groups in total. The summed E-state index contributed by atoms with van der Waals surface area (Å²) in [5.74, 6) is -0.323. The Morgan fingerprint density at radius 2 is 2.33 bits per heavy atom. The average molecular weight is 413 g/mol. The van der Waals surface area contributed by atoms with Crippen molar-refractivity contribution in [3.8, 4) is 0 Å². The quantitative estimate of drug-likeness (QED) is 0.569. The van der Waals surface area contributed by atoms with Gasteiger partial charge in [-0.3, -0.25) is 14.2 Å². The largest absolute Gasteiger partial charge is 0.461 e. The third kappa shape index (κ3) is 3.39. The lowest BCUT2D eigenvalue weighted by Gasteiger charge is -2.13. The van der Waals surface area contributed by atoms with Gasteiger partial charge in [0, 0.05) is 23.1 Å². The van der Waals surface area contributed by atoms with Gasteiger partial charge in [0.2, 0.25) is 0 Å². The number of esters is 1. The summed E-state index contributed by atoms with van der Waals surface area (Å²) in [6, 6.07) is 4.53. The van der Waals surface area contributed by atoms with Crippen molar-refractivity contribution in [2.45, 2.75) is 31.1 Å². The maximum Gasteiger partial charge on any atom is 0.308 e. The second-order valence-corrected chi connectivity index (χ2v) is 7.28. The molecule has 0 spiro atoms. The molecule has 8 heteroatoms. The lowest BCUT2D eigenvalue weighted by molar-refractivity contribution is -0.145. The van der Waals surface area contributed by atoms with Crippen LogP contribution in [0.4, 0.5) is 4.39 Å². The van der Waals surface area contributed by atoms with Crippen molar-refractivity contribution in [3.05, 3.63) is 56.2 Å². The fourth-order valence-electron chi connectivity index (χ4n) is 2.44. The van der Waals surface area contributed by atoms with Crippen LogP contribution >= 0.6 is 27.7 Å². The molecule has 0 saturated carbocycles. The monoisotopic (exact) mass is 412 g/mol. The molecule has 0 saturated heterocycles. The number of ether oxygens (including phenoxy) is 1. The van der Waals surface area contributed by atoms with Crippen LogP contribution < -0.4 is 5.56 Å². The topological polar surface area (TPSA) is 61.2 Å². The number of rotatable bonds is 4. The fraction of sp³-hybridized carbons (Fsp3) is 0.312. The lowest BCUT2D eigenvalue weighted by Crippen LogP contribution is -2.27. The van der Waals surface area contributed by atoms with Gasteiger partial charge in [-0.25, -0.2) is 9.37 Å². The van der Waals surface area contributed by atoms with Crippen LogP contribution in [-0.4, -0.2) is 21.3 Å². The summed E-state index contributed by atoms with van der Waals surface area (Å²) in [5, 5.41) is 0.612. The van der Waals surface area contributed by atoms with E-state index in [0.717, 1.165) is 0 Å². The van der Waals surface area contributed by atoms with Crippen molar-refractivity contribution in [2.75, 3.05) is 5.75 Å². The predicted molar refractivity (Wildman–Crippen MR) is 91.5 cm³/mol. The van der Waals surface area contributed by atoms with Crippen molar-refractivity contribution in [1.29, 1.82) is 0 Å². The Labute approximate surface area is 150 Å². The Hall–Kier alpha value is -1.67. The highest BCUT2D eigenvalue weighted by Crippen LogP contribution is 2.32. The zero-order valence-electron chi connectivity index (χ0n) is 12.8. The minimum Gasteiger partial charge on any atom is -0.461 e. The van der Waals surface area contributed by atoms with Crippen LogP contribution in [0.3, 0.4) is 0 Å². The number of carbonyl (C=O) groups is 1. The van der Waals surface area contributed by atoms with Crippen LogP contribution in [0.2, 0.25) is 0 Å². The van der Waals surface area contributed by atoms with Gasteiger partial charge in [0.25, 0.3) is 5.56 Å². The van der Waals surface area contributed by atoms with Gasteiger partial charge in [0.15, 0.2) is 5.16 Å². The van der Waals surface area contributed by atoms with Gasteiger partial charge in [-0.1, -0.05) is 23.9 Å². The minimum atomic E-state index is -0.471. The Morgan fingerprint density at radius 3 is 3.12 bits per heavy atom. The van der Waals surface area contributed by atoms with E-state index in [2.05, 4.69) is 20.9 Å². The van der Waals surface area contributed by atoms with Gasteiger partial charge < -0.3 is 4.74 Å². The van der Waals surface area contributed by atoms with Crippen LogP contribution in [0, 0.1) is 12.7 Å². The molecular weight excluding hydrogens is 399 g/mol. The molecule has 0 bridgehead atoms. The smallest absolute Gasteiger partial charge is 0.308 e. The number of fused-ring (bicyclic) bond motifs is 1. The van der Waals surface area contributed by atoms with E-state index in [-0.39, 0.29) is 24.6 Å². The maximum atomic E-state index is 13.9. The van der Waals surface area contributed by atoms with E-state index >= 15 is 0 Å². The average Bonchev–Trinajstić information content (AvgIpc) is 2.96. The van der Waals surface area contributed by atoms with Crippen LogP contribution in [0.25, 0.3) is 0 Å². The summed E-state index contributed by atoms with van der Waals surface area (Å²) in [6.07, 6.45) is 1.60. The highest BCUT2D eigenvalue weighted by atomic mass is 79.9. The first-order valence-electron chi connectivity index (χ1n) is 7.27. The third-order valence-electron chi connectivity index (χ3n) is 3.72. The second kappa shape index (κ2) is 7.06. The number of thioether (sulfide) groups is 1. The highest BCUT2D eigenvalue weighted by Gasteiger charge is 2.28. The third-order valence-corrected chi connectivity index (χ3v) is 5.45. The zero-order chi connectivity index (χ0) is 17.3. The van der Waals surface area contributed by atoms with E-state index in [4.69, 9.17) is 4.74 Å². The van der Waals surface area contributed by atoms with Crippen molar-refractivity contribution in [1.82, 2.24) is 9.55 Å². The van der Waals surface area contributed by atoms with Crippen LogP contribution in [0.1, 0.15) is 23.6 Å². The molecule has 5 nitrogen and oxygen atoms in total. The molecule has 1 aromatic carbocycles. The number of hydrogen-bond donors (Lipinski definition) is 0. The number of aryl methyl sites for hydroxylation is 1. The Kier molecular flexibility index (Phi) is 5.05. The maximum absolute atomic E-state index is 13.9. The summed E-state index contributed by atoms with van der Waals surface area (Å²) >= 11 is 4.53. The molecule has 1 aromatic heterocycles. The molecule has 24 heavy (non-hydrogen) atoms. The molecule has 2 aromatic rings. The molecule has 0 aliphatic carbocycles. The van der Waals surface area contributed by atoms with E-state index in [1.54, 1.807) is 29.7 Å². The number of halogens is 2. The van der Waals surface area contributed by atoms with E-state index < -0.39 is 11.8 Å². The van der Waals surface area contributed by atoms with Gasteiger partial charge in [0.1, 0.15) is 12.4 Å². The summed E-state index contributed by atoms with van der Waals surface area (Å²) in [5.41, 5.74) is 0.699. The van der Waals surface area contributed by atoms with E-state index in [1.807, 2.05) is 0 Å². The summed E-state index contributed by atoms with van der Waals surface area (Å²) in [6.45, 7) is 1.55. The predicted octanol–water partition coefficient (Wildman–Crippen LogP) is 3.23. The van der Waals surface area contributed by atoms with Crippen molar-refractivity contribution in [2.24, 2.45) is 0 Å². The number of hydrogen-bond acceptors (Lipinski definition) is 5. The van der Waals surface area contributed by atoms with Crippen LogP contribution in [0.5, 0.6) is 0 Å². The van der Waals surface area contributed by atoms with Gasteiger partial charge in [0.05, 0.1) is 16.9 Å². The van der Waals surface area contributed by atoms with Gasteiger partial charge >= 0.3 is 5.97 Å². The second-order valence-electron chi connectivity index (χ2n) is 5.44. The van der Waals surface area contributed by atoms with E-state index in [0.29, 0.717) is 26.5 Å². The SMILES string of the molecule is Cc1cnc2n(c1=O)C(CC(=O)OCc1cccc(Br)c1F)CS2. The molecule has 1 aliphatic rings. The van der Waals surface area contributed by atoms with Crippen molar-refractivity contribution < 1.29 is 13.9 Å². The Morgan fingerprint density at radius 1 is 1.54 bits per heavy atom. The Bertz CT molecular complexity index is 856. The van der Waals surface area contributed by atoms with Crippen molar-refractivity contribution in [3.63, 3.8) is 0 Å². The number of benzene rings is 1. The normalized spacial score (nSPS) is 16.0. The lowest BCUT2D eigenvalue weighted by atomic mass is 10.2. The van der Waals surface area contributed by atoms with E-state index in [9.17, 15) is 14.0 Å². The van der Waals surface area contributed by atoms with Crippen LogP contribution in [-0.2, 0) is 16.1 Å². The van der Waals surface area contributed by atoms with Crippen molar-refractivity contribution >= 4 is 33.7 Å². The number of aromatic nitrogens is 2. The molecule has 3 rings (SSSR count). The van der Waals surface area contributed by atoms with Crippen LogP contribution in [0.15, 0.2) is 38.8 Å². The first-order valence-corrected chi connectivity index (χ1v) is 9.04. The fourth-order valence-corrected chi connectivity index (χ4v) is 3.95. The number of carbonyl (C=O) groups excluding carboxylic acids is 1. The summed E-state index contributed by atoms with van der Waals surface area (Å²) in [7, 11) is 0. The number of nitrogens with zero attached hydrogens (tertiary/aromatic N) is 2. The molecule has 1 unspecified atom stereocenters. The standard InChI is InChI=1S/C16H14BrFN2O3S/c1-9-6-19-16-20(15(9)22)11(8-24-16)5-13(21)23-7-10-3-2-4-12(17)14(10)18/h2-4,6,11H,5,7-8H2,1H3. The summed E-state index contributed by atoms with van der Waals surface area (Å²) < 4.78 is 20.9. The Balaban J connectivity index is 1.66. The van der Waals surface area contributed by atoms with Gasteiger partial charge in [-0.2, -0.15) is 0 Å². The highest BCUT2D eigenvalue weighted by molar-refractivity contribution is 9.10. The van der Waals surface area contributed by atoms with Gasteiger partial charge in [-0.15, -0.1) is 0 Å². The minimum absolute atomic E-state index is 0.0562. The molecule has 0 fully saturated rings. The molecule has 1 aliphatic heterocycles. The first kappa shape index (κ1) is 17.2. The summed E-state index contributed by atoms with van der Waals surface area (Å²) in [4.78, 5) is 28.5.